The van der Waals surface area contributed by atoms with Crippen LogP contribution in [0.4, 0.5) is 5.69 Å². The molecule has 0 radical (unpaired) electrons. The number of hydrogen-bond donors (Lipinski definition) is 2. The first-order valence-corrected chi connectivity index (χ1v) is 18.6. The molecule has 5 aromatic rings. The minimum Gasteiger partial charge on any atom is -0.369 e. The Labute approximate surface area is 306 Å². The van der Waals surface area contributed by atoms with Crippen molar-refractivity contribution in [1.29, 1.82) is 0 Å². The largest absolute Gasteiger partial charge is 0.369 e. The highest BCUT2D eigenvalue weighted by atomic mass is 16.2. The normalized spacial score (nSPS) is 17.2. The van der Waals surface area contributed by atoms with E-state index in [2.05, 4.69) is 47.8 Å². The first kappa shape index (κ1) is 34.9. The number of benzodiazepines with no additional fused rings is 1. The molecule has 3 amide bonds. The summed E-state index contributed by atoms with van der Waals surface area (Å²) in [5.74, 6) is -2.06. The summed E-state index contributed by atoms with van der Waals surface area (Å²) in [6.07, 6.45) is 4.90. The van der Waals surface area contributed by atoms with Crippen LogP contribution in [0.3, 0.4) is 0 Å². The molecule has 52 heavy (non-hydrogen) atoms. The number of fused-ring (bicyclic) bond motifs is 2. The van der Waals surface area contributed by atoms with Gasteiger partial charge in [-0.05, 0) is 64.4 Å². The number of nitrogens with one attached hydrogen (secondary N) is 1. The molecule has 0 spiro atoms. The Morgan fingerprint density at radius 1 is 0.788 bits per heavy atom. The highest BCUT2D eigenvalue weighted by Crippen LogP contribution is 2.35. The van der Waals surface area contributed by atoms with Gasteiger partial charge in [0, 0.05) is 23.0 Å². The number of rotatable bonds is 12. The number of primary amides is 1. The zero-order valence-corrected chi connectivity index (χ0v) is 29.7. The fourth-order valence-electron chi connectivity index (χ4n) is 8.07. The molecule has 0 saturated heterocycles. The van der Waals surface area contributed by atoms with Crippen molar-refractivity contribution in [2.24, 2.45) is 28.5 Å². The lowest BCUT2D eigenvalue weighted by molar-refractivity contribution is -0.136. The molecule has 1 aliphatic carbocycles. The van der Waals surface area contributed by atoms with Crippen LogP contribution in [-0.4, -0.2) is 29.6 Å². The summed E-state index contributed by atoms with van der Waals surface area (Å²) >= 11 is 0. The summed E-state index contributed by atoms with van der Waals surface area (Å²) in [6, 6.07) is 40.5. The third-order valence-corrected chi connectivity index (χ3v) is 10.7. The first-order chi connectivity index (χ1) is 25.4. The van der Waals surface area contributed by atoms with Crippen molar-refractivity contribution in [3.05, 3.63) is 138 Å². The smallest absolute Gasteiger partial charge is 0.272 e. The van der Waals surface area contributed by atoms with Crippen LogP contribution in [0.15, 0.2) is 126 Å². The SMILES string of the molecule is CCCC(C(N)=O)C(CC1CCCC1)C(=O)NC1N=C(c2ccccc2)c2ccccc2N(Cc2cccc(-c3ccc4ccccc4c3)c2)C1=O. The van der Waals surface area contributed by atoms with Crippen LogP contribution in [0.25, 0.3) is 21.9 Å². The zero-order chi connectivity index (χ0) is 36.0. The van der Waals surface area contributed by atoms with E-state index in [-0.39, 0.29) is 18.4 Å². The van der Waals surface area contributed by atoms with Gasteiger partial charge < -0.3 is 16.0 Å². The number of carbonyl (C=O) groups excluding carboxylic acids is 3. The fourth-order valence-corrected chi connectivity index (χ4v) is 8.07. The zero-order valence-electron chi connectivity index (χ0n) is 29.7. The van der Waals surface area contributed by atoms with E-state index in [1.165, 1.54) is 5.39 Å². The van der Waals surface area contributed by atoms with Gasteiger partial charge in [-0.1, -0.05) is 142 Å². The van der Waals surface area contributed by atoms with Crippen molar-refractivity contribution in [3.8, 4) is 11.1 Å². The van der Waals surface area contributed by atoms with E-state index in [1.807, 2.05) is 85.8 Å². The predicted molar refractivity (Wildman–Crippen MR) is 209 cm³/mol. The van der Waals surface area contributed by atoms with E-state index in [1.54, 1.807) is 4.90 Å². The van der Waals surface area contributed by atoms with Crippen LogP contribution in [0.2, 0.25) is 0 Å². The number of amides is 3. The quantitative estimate of drug-likeness (QED) is 0.137. The Kier molecular flexibility index (Phi) is 10.6. The van der Waals surface area contributed by atoms with Crippen molar-refractivity contribution >= 4 is 39.9 Å². The topological polar surface area (TPSA) is 105 Å². The van der Waals surface area contributed by atoms with Gasteiger partial charge in [0.1, 0.15) is 0 Å². The third-order valence-electron chi connectivity index (χ3n) is 10.7. The minimum absolute atomic E-state index is 0.270. The number of hydrogen-bond acceptors (Lipinski definition) is 4. The Morgan fingerprint density at radius 2 is 1.48 bits per heavy atom. The van der Waals surface area contributed by atoms with Crippen LogP contribution < -0.4 is 16.0 Å². The van der Waals surface area contributed by atoms with E-state index < -0.39 is 23.9 Å². The van der Waals surface area contributed by atoms with Gasteiger partial charge in [-0.25, -0.2) is 4.99 Å². The highest BCUT2D eigenvalue weighted by Gasteiger charge is 2.39. The second-order valence-electron chi connectivity index (χ2n) is 14.2. The van der Waals surface area contributed by atoms with Crippen LogP contribution in [0, 0.1) is 17.8 Å². The Hall–Kier alpha value is -5.56. The van der Waals surface area contributed by atoms with Crippen LogP contribution in [-0.2, 0) is 20.9 Å². The minimum atomic E-state index is -1.21. The predicted octanol–water partition coefficient (Wildman–Crippen LogP) is 8.43. The van der Waals surface area contributed by atoms with Crippen molar-refractivity contribution < 1.29 is 14.4 Å². The summed E-state index contributed by atoms with van der Waals surface area (Å²) < 4.78 is 0. The van der Waals surface area contributed by atoms with Crippen molar-refractivity contribution in [2.75, 3.05) is 4.90 Å². The fraction of sp³-hybridized carbons (Fsp3) is 0.289. The number of benzene rings is 5. The standard InChI is InChI=1S/C45H46N4O3/c1-2-13-37(42(46)50)39(27-30-14-6-7-15-30)44(51)48-43-45(52)49(40-23-11-10-22-38(40)41(47-43)33-18-4-3-5-19-33)29-31-16-12-21-34(26-31)36-25-24-32-17-8-9-20-35(32)28-36/h3-5,8-12,16-26,28,30,37,39,43H,2,6-7,13-15,27,29H2,1H3,(H2,46,50)(H,48,51). The van der Waals surface area contributed by atoms with Gasteiger partial charge in [-0.2, -0.15) is 0 Å². The molecule has 1 saturated carbocycles. The Balaban J connectivity index is 1.26. The molecular weight excluding hydrogens is 645 g/mol. The van der Waals surface area contributed by atoms with E-state index in [9.17, 15) is 14.4 Å². The molecule has 5 aromatic carbocycles. The van der Waals surface area contributed by atoms with Crippen LogP contribution in [0.1, 0.15) is 68.6 Å². The molecule has 2 aliphatic rings. The average molecular weight is 691 g/mol. The van der Waals surface area contributed by atoms with Crippen molar-refractivity contribution in [3.63, 3.8) is 0 Å². The maximum Gasteiger partial charge on any atom is 0.272 e. The summed E-state index contributed by atoms with van der Waals surface area (Å²) in [5, 5.41) is 5.40. The summed E-state index contributed by atoms with van der Waals surface area (Å²) in [6.45, 7) is 2.27. The van der Waals surface area contributed by atoms with Crippen LogP contribution >= 0.6 is 0 Å². The number of anilines is 1. The van der Waals surface area contributed by atoms with Crippen LogP contribution in [0.5, 0.6) is 0 Å². The molecule has 3 atom stereocenters. The summed E-state index contributed by atoms with van der Waals surface area (Å²) in [7, 11) is 0. The number of para-hydroxylation sites is 1. The summed E-state index contributed by atoms with van der Waals surface area (Å²) in [5.41, 5.74) is 12.0. The van der Waals surface area contributed by atoms with E-state index in [4.69, 9.17) is 10.7 Å². The number of nitrogens with zero attached hydrogens (tertiary/aromatic N) is 2. The van der Waals surface area contributed by atoms with E-state index in [0.717, 1.165) is 65.3 Å². The average Bonchev–Trinajstić information content (AvgIpc) is 3.67. The molecule has 3 N–H and O–H groups in total. The molecule has 3 unspecified atom stereocenters. The Morgan fingerprint density at radius 3 is 2.25 bits per heavy atom. The van der Waals surface area contributed by atoms with Gasteiger partial charge in [-0.3, -0.25) is 14.4 Å². The highest BCUT2D eigenvalue weighted by molar-refractivity contribution is 6.20. The molecular formula is C45H46N4O3. The lowest BCUT2D eigenvalue weighted by Crippen LogP contribution is -2.50. The monoisotopic (exact) mass is 690 g/mol. The molecule has 0 aromatic heterocycles. The maximum atomic E-state index is 14.8. The second-order valence-corrected chi connectivity index (χ2v) is 14.2. The summed E-state index contributed by atoms with van der Waals surface area (Å²) in [4.78, 5) is 48.8. The van der Waals surface area contributed by atoms with Gasteiger partial charge >= 0.3 is 0 Å². The molecule has 264 valence electrons. The van der Waals surface area contributed by atoms with Gasteiger partial charge in [0.05, 0.1) is 17.9 Å². The van der Waals surface area contributed by atoms with E-state index >= 15 is 0 Å². The lowest BCUT2D eigenvalue weighted by Gasteiger charge is -2.29. The van der Waals surface area contributed by atoms with Gasteiger partial charge in [0.25, 0.3) is 5.91 Å². The molecule has 1 aliphatic heterocycles. The lowest BCUT2D eigenvalue weighted by atomic mass is 9.80. The van der Waals surface area contributed by atoms with Crippen molar-refractivity contribution in [2.45, 2.75) is 64.6 Å². The van der Waals surface area contributed by atoms with Gasteiger partial charge in [-0.15, -0.1) is 0 Å². The molecule has 7 nitrogen and oxygen atoms in total. The first-order valence-electron chi connectivity index (χ1n) is 18.6. The van der Waals surface area contributed by atoms with Gasteiger partial charge in [0.15, 0.2) is 0 Å². The molecule has 1 fully saturated rings. The Bertz CT molecular complexity index is 2100. The van der Waals surface area contributed by atoms with Gasteiger partial charge in [0.2, 0.25) is 18.0 Å². The third kappa shape index (κ3) is 7.54. The molecule has 1 heterocycles. The molecule has 7 rings (SSSR count). The number of nitrogens with two attached hydrogens (primary N) is 1. The van der Waals surface area contributed by atoms with Crippen molar-refractivity contribution in [1.82, 2.24) is 5.32 Å². The molecule has 7 heteroatoms. The number of aliphatic imine (C=N–C) groups is 1. The second kappa shape index (κ2) is 15.8. The number of carbonyl (C=O) groups is 3. The maximum absolute atomic E-state index is 14.8. The van der Waals surface area contributed by atoms with E-state index in [0.29, 0.717) is 30.2 Å². The molecule has 0 bridgehead atoms.